The molecule has 0 unspecified atom stereocenters. The van der Waals surface area contributed by atoms with Crippen LogP contribution in [0.15, 0.2) is 33.5 Å². The molecule has 0 aliphatic heterocycles. The molecule has 3 rings (SSSR count). The van der Waals surface area contributed by atoms with E-state index in [1.807, 2.05) is 6.92 Å². The number of thioether (sulfide) groups is 1. The SMILES string of the molecule is CCCn1c(S[C@@H](C)C(=O)Nc2nc(-c3ccc(F)c(F)c3)cs2)n[nH]c1=O. The Kier molecular flexibility index (Phi) is 6.25. The summed E-state index contributed by atoms with van der Waals surface area (Å²) >= 11 is 2.34. The summed E-state index contributed by atoms with van der Waals surface area (Å²) in [5.74, 6) is -2.20. The fourth-order valence-corrected chi connectivity index (χ4v) is 3.96. The number of nitrogens with one attached hydrogen (secondary N) is 2. The number of hydrogen-bond donors (Lipinski definition) is 2. The van der Waals surface area contributed by atoms with Gasteiger partial charge in [-0.15, -0.1) is 16.4 Å². The Balaban J connectivity index is 1.67. The van der Waals surface area contributed by atoms with Crippen LogP contribution in [-0.4, -0.2) is 30.9 Å². The number of rotatable bonds is 7. The molecule has 0 aliphatic rings. The third-order valence-corrected chi connectivity index (χ3v) is 5.62. The van der Waals surface area contributed by atoms with Crippen molar-refractivity contribution in [2.75, 3.05) is 5.32 Å². The zero-order valence-electron chi connectivity index (χ0n) is 15.0. The molecule has 148 valence electrons. The normalized spacial score (nSPS) is 12.1. The monoisotopic (exact) mass is 425 g/mol. The first kappa shape index (κ1) is 20.2. The van der Waals surface area contributed by atoms with Crippen molar-refractivity contribution in [1.29, 1.82) is 0 Å². The predicted octanol–water partition coefficient (Wildman–Crippen LogP) is 3.50. The van der Waals surface area contributed by atoms with Crippen molar-refractivity contribution < 1.29 is 13.6 Å². The van der Waals surface area contributed by atoms with Gasteiger partial charge in [-0.3, -0.25) is 9.36 Å². The number of H-pyrrole nitrogens is 1. The first-order chi connectivity index (χ1) is 13.4. The number of hydrogen-bond acceptors (Lipinski definition) is 6. The number of anilines is 1. The molecule has 11 heteroatoms. The van der Waals surface area contributed by atoms with Crippen LogP contribution in [0.25, 0.3) is 11.3 Å². The molecule has 1 atom stereocenters. The van der Waals surface area contributed by atoms with E-state index in [2.05, 4.69) is 20.5 Å². The highest BCUT2D eigenvalue weighted by Gasteiger charge is 2.20. The molecule has 0 radical (unpaired) electrons. The molecule has 2 aromatic heterocycles. The largest absolute Gasteiger partial charge is 0.343 e. The topological polar surface area (TPSA) is 92.7 Å². The van der Waals surface area contributed by atoms with Gasteiger partial charge in [0.05, 0.1) is 10.9 Å². The molecule has 28 heavy (non-hydrogen) atoms. The van der Waals surface area contributed by atoms with Gasteiger partial charge in [0.25, 0.3) is 0 Å². The van der Waals surface area contributed by atoms with Crippen LogP contribution in [0.5, 0.6) is 0 Å². The molecule has 0 saturated heterocycles. The summed E-state index contributed by atoms with van der Waals surface area (Å²) in [5.41, 5.74) is 0.537. The molecule has 2 N–H and O–H groups in total. The summed E-state index contributed by atoms with van der Waals surface area (Å²) in [4.78, 5) is 28.4. The van der Waals surface area contributed by atoms with Crippen LogP contribution >= 0.6 is 23.1 Å². The number of amides is 1. The van der Waals surface area contributed by atoms with Crippen LogP contribution in [0.4, 0.5) is 13.9 Å². The Morgan fingerprint density at radius 3 is 2.89 bits per heavy atom. The minimum atomic E-state index is -0.960. The van der Waals surface area contributed by atoms with Crippen LogP contribution in [0.1, 0.15) is 20.3 Å². The lowest BCUT2D eigenvalue weighted by Crippen LogP contribution is -2.24. The highest BCUT2D eigenvalue weighted by molar-refractivity contribution is 8.00. The molecule has 3 aromatic rings. The van der Waals surface area contributed by atoms with E-state index in [4.69, 9.17) is 0 Å². The quantitative estimate of drug-likeness (QED) is 0.565. The Hall–Kier alpha value is -2.53. The third-order valence-electron chi connectivity index (χ3n) is 3.77. The van der Waals surface area contributed by atoms with Gasteiger partial charge in [0.1, 0.15) is 0 Å². The highest BCUT2D eigenvalue weighted by Crippen LogP contribution is 2.27. The van der Waals surface area contributed by atoms with Crippen LogP contribution in [-0.2, 0) is 11.3 Å². The molecule has 1 amide bonds. The van der Waals surface area contributed by atoms with Gasteiger partial charge < -0.3 is 5.32 Å². The van der Waals surface area contributed by atoms with Crippen molar-refractivity contribution in [3.8, 4) is 11.3 Å². The molecule has 0 spiro atoms. The molecule has 2 heterocycles. The summed E-state index contributed by atoms with van der Waals surface area (Å²) in [5, 5.41) is 10.9. The molecule has 7 nitrogen and oxygen atoms in total. The number of benzene rings is 1. The number of carbonyl (C=O) groups is 1. The molecule has 1 aromatic carbocycles. The second-order valence-corrected chi connectivity index (χ2v) is 8.05. The molecule has 0 aliphatic carbocycles. The van der Waals surface area contributed by atoms with E-state index >= 15 is 0 Å². The van der Waals surface area contributed by atoms with Crippen LogP contribution in [0, 0.1) is 11.6 Å². The molecule has 0 bridgehead atoms. The Bertz CT molecular complexity index is 1050. The van der Waals surface area contributed by atoms with E-state index in [1.54, 1.807) is 12.3 Å². The van der Waals surface area contributed by atoms with Crippen molar-refractivity contribution in [3.63, 3.8) is 0 Å². The first-order valence-corrected chi connectivity index (χ1v) is 10.2. The van der Waals surface area contributed by atoms with Gasteiger partial charge in [0, 0.05) is 17.5 Å². The van der Waals surface area contributed by atoms with E-state index in [0.29, 0.717) is 28.1 Å². The van der Waals surface area contributed by atoms with Crippen molar-refractivity contribution in [3.05, 3.63) is 45.7 Å². The van der Waals surface area contributed by atoms with Gasteiger partial charge in [0.15, 0.2) is 21.9 Å². The number of aromatic amines is 1. The lowest BCUT2D eigenvalue weighted by atomic mass is 10.2. The zero-order valence-corrected chi connectivity index (χ0v) is 16.7. The molecular formula is C17H17F2N5O2S2. The molecule has 0 saturated carbocycles. The fourth-order valence-electron chi connectivity index (χ4n) is 2.35. The van der Waals surface area contributed by atoms with E-state index in [-0.39, 0.29) is 11.6 Å². The third kappa shape index (κ3) is 4.47. The fraction of sp³-hybridized carbons (Fsp3) is 0.294. The lowest BCUT2D eigenvalue weighted by molar-refractivity contribution is -0.115. The summed E-state index contributed by atoms with van der Waals surface area (Å²) in [6.45, 7) is 4.15. The minimum Gasteiger partial charge on any atom is -0.301 e. The minimum absolute atomic E-state index is 0.310. The summed E-state index contributed by atoms with van der Waals surface area (Å²) < 4.78 is 27.9. The van der Waals surface area contributed by atoms with Gasteiger partial charge in [-0.05, 0) is 31.5 Å². The Labute approximate surface area is 167 Å². The van der Waals surface area contributed by atoms with Crippen molar-refractivity contribution >= 4 is 34.1 Å². The van der Waals surface area contributed by atoms with E-state index in [9.17, 15) is 18.4 Å². The lowest BCUT2D eigenvalue weighted by Gasteiger charge is -2.10. The number of thiazole rings is 1. The predicted molar refractivity (Wildman–Crippen MR) is 105 cm³/mol. The standard InChI is InChI=1S/C17H17F2N5O2S2/c1-3-6-24-16(26)22-23-17(24)28-9(2)14(25)21-15-20-13(8-27-15)10-4-5-11(18)12(19)7-10/h4-5,7-9H,3,6H2,1-2H3,(H,22,26)(H,20,21,25)/t9-/m0/s1. The second-order valence-electron chi connectivity index (χ2n) is 5.88. The molecular weight excluding hydrogens is 408 g/mol. The first-order valence-electron chi connectivity index (χ1n) is 8.42. The van der Waals surface area contributed by atoms with Gasteiger partial charge in [-0.1, -0.05) is 18.7 Å². The van der Waals surface area contributed by atoms with Crippen LogP contribution in [0.3, 0.4) is 0 Å². The van der Waals surface area contributed by atoms with Crippen molar-refractivity contribution in [2.45, 2.75) is 37.2 Å². The maximum Gasteiger partial charge on any atom is 0.343 e. The maximum atomic E-state index is 13.4. The van der Waals surface area contributed by atoms with Gasteiger partial charge in [-0.25, -0.2) is 23.7 Å². The van der Waals surface area contributed by atoms with Crippen LogP contribution in [0.2, 0.25) is 0 Å². The summed E-state index contributed by atoms with van der Waals surface area (Å²) in [6.07, 6.45) is 0.763. The summed E-state index contributed by atoms with van der Waals surface area (Å²) in [6, 6.07) is 3.50. The average Bonchev–Trinajstić information content (AvgIpc) is 3.26. The van der Waals surface area contributed by atoms with Gasteiger partial charge in [-0.2, -0.15) is 0 Å². The van der Waals surface area contributed by atoms with Crippen molar-refractivity contribution in [2.24, 2.45) is 0 Å². The molecule has 0 fully saturated rings. The average molecular weight is 425 g/mol. The number of carbonyl (C=O) groups excluding carboxylic acids is 1. The highest BCUT2D eigenvalue weighted by atomic mass is 32.2. The van der Waals surface area contributed by atoms with E-state index in [0.717, 1.165) is 30.3 Å². The van der Waals surface area contributed by atoms with E-state index in [1.165, 1.54) is 22.0 Å². The summed E-state index contributed by atoms with van der Waals surface area (Å²) in [7, 11) is 0. The zero-order chi connectivity index (χ0) is 20.3. The number of halogens is 2. The Morgan fingerprint density at radius 1 is 1.39 bits per heavy atom. The Morgan fingerprint density at radius 2 is 2.18 bits per heavy atom. The smallest absolute Gasteiger partial charge is 0.301 e. The number of nitrogens with zero attached hydrogens (tertiary/aromatic N) is 3. The van der Waals surface area contributed by atoms with Gasteiger partial charge in [0.2, 0.25) is 5.91 Å². The van der Waals surface area contributed by atoms with E-state index < -0.39 is 16.9 Å². The van der Waals surface area contributed by atoms with Crippen molar-refractivity contribution in [1.82, 2.24) is 19.7 Å². The number of aromatic nitrogens is 4. The maximum absolute atomic E-state index is 13.4. The van der Waals surface area contributed by atoms with Gasteiger partial charge >= 0.3 is 5.69 Å². The second kappa shape index (κ2) is 8.65. The van der Waals surface area contributed by atoms with Crippen LogP contribution < -0.4 is 11.0 Å².